The van der Waals surface area contributed by atoms with E-state index in [9.17, 15) is 0 Å². The van der Waals surface area contributed by atoms with Crippen LogP contribution in [0.15, 0.2) is 0 Å². The first kappa shape index (κ1) is 9.92. The van der Waals surface area contributed by atoms with E-state index in [-0.39, 0.29) is 0 Å². The van der Waals surface area contributed by atoms with Gasteiger partial charge in [0.2, 0.25) is 0 Å². The molecule has 0 unspecified atom stereocenters. The molecule has 1 fully saturated rings. The van der Waals surface area contributed by atoms with Gasteiger partial charge in [-0.05, 0) is 38.4 Å². The van der Waals surface area contributed by atoms with Crippen molar-refractivity contribution >= 4 is 0 Å². The number of hydrogen-bond acceptors (Lipinski definition) is 2. The number of nitrogens with two attached hydrogens (primary N) is 1. The van der Waals surface area contributed by atoms with Crippen molar-refractivity contribution in [1.29, 1.82) is 0 Å². The molecule has 10 heavy (non-hydrogen) atoms. The average Bonchev–Trinajstić information content (AvgIpc) is 2.43. The zero-order valence-corrected chi connectivity index (χ0v) is 7.19. The van der Waals surface area contributed by atoms with Crippen molar-refractivity contribution in [2.24, 2.45) is 11.7 Å². The van der Waals surface area contributed by atoms with E-state index in [4.69, 9.17) is 5.73 Å². The second kappa shape index (κ2) is 7.03. The highest BCUT2D eigenvalue weighted by Crippen LogP contribution is 1.90. The van der Waals surface area contributed by atoms with Gasteiger partial charge in [0.25, 0.3) is 0 Å². The maximum Gasteiger partial charge on any atom is -0.00484 e. The summed E-state index contributed by atoms with van der Waals surface area (Å²) >= 11 is 0. The van der Waals surface area contributed by atoms with Crippen molar-refractivity contribution in [2.75, 3.05) is 19.6 Å². The molecule has 1 rings (SSSR count). The lowest BCUT2D eigenvalue weighted by atomic mass is 10.2. The minimum absolute atomic E-state index is 0.662. The fourth-order valence-corrected chi connectivity index (χ4v) is 0.625. The van der Waals surface area contributed by atoms with Crippen molar-refractivity contribution in [3.63, 3.8) is 0 Å². The predicted octanol–water partition coefficient (Wildman–Crippen LogP) is 0.971. The van der Waals surface area contributed by atoms with Crippen LogP contribution in [-0.4, -0.2) is 19.6 Å². The third-order valence-corrected chi connectivity index (χ3v) is 1.43. The third kappa shape index (κ3) is 7.92. The second-order valence-corrected chi connectivity index (χ2v) is 3.09. The highest BCUT2D eigenvalue weighted by Gasteiger charge is 1.93. The van der Waals surface area contributed by atoms with Crippen LogP contribution < -0.4 is 11.1 Å². The lowest BCUT2D eigenvalue weighted by Gasteiger charge is -1.91. The maximum absolute atomic E-state index is 5.17. The van der Waals surface area contributed by atoms with Crippen molar-refractivity contribution in [3.05, 3.63) is 0 Å². The summed E-state index contributed by atoms with van der Waals surface area (Å²) in [5, 5.41) is 3.22. The van der Waals surface area contributed by atoms with Gasteiger partial charge in [0.05, 0.1) is 0 Å². The Morgan fingerprint density at radius 3 is 1.80 bits per heavy atom. The van der Waals surface area contributed by atoms with Crippen LogP contribution >= 0.6 is 0 Å². The van der Waals surface area contributed by atoms with Crippen molar-refractivity contribution in [3.8, 4) is 0 Å². The van der Waals surface area contributed by atoms with Gasteiger partial charge in [0.15, 0.2) is 0 Å². The zero-order valence-electron chi connectivity index (χ0n) is 7.19. The molecule has 62 valence electrons. The Labute approximate surface area is 64.2 Å². The van der Waals surface area contributed by atoms with Crippen molar-refractivity contribution < 1.29 is 0 Å². The summed E-state index contributed by atoms with van der Waals surface area (Å²) in [7, 11) is 0. The van der Waals surface area contributed by atoms with Gasteiger partial charge in [0.1, 0.15) is 0 Å². The first-order valence-electron chi connectivity index (χ1n) is 4.18. The molecule has 2 heteroatoms. The fraction of sp³-hybridized carbons (Fsp3) is 1.00. The molecule has 0 aliphatic carbocycles. The average molecular weight is 144 g/mol. The van der Waals surface area contributed by atoms with Crippen LogP contribution in [0.2, 0.25) is 0 Å². The number of hydrogen-bond donors (Lipinski definition) is 2. The maximum atomic E-state index is 5.17. The van der Waals surface area contributed by atoms with Crippen molar-refractivity contribution in [2.45, 2.75) is 26.7 Å². The number of nitrogens with one attached hydrogen (secondary N) is 1. The summed E-state index contributed by atoms with van der Waals surface area (Å²) in [6.07, 6.45) is 2.78. The van der Waals surface area contributed by atoms with E-state index in [2.05, 4.69) is 19.2 Å². The Balaban J connectivity index is 0.000000162. The van der Waals surface area contributed by atoms with E-state index in [1.165, 1.54) is 25.9 Å². The van der Waals surface area contributed by atoms with Crippen LogP contribution in [0, 0.1) is 5.92 Å². The van der Waals surface area contributed by atoms with Gasteiger partial charge in [-0.2, -0.15) is 0 Å². The van der Waals surface area contributed by atoms with Gasteiger partial charge < -0.3 is 11.1 Å². The zero-order chi connectivity index (χ0) is 7.82. The molecule has 0 aromatic rings. The summed E-state index contributed by atoms with van der Waals surface area (Å²) in [6, 6.07) is 0. The van der Waals surface area contributed by atoms with E-state index < -0.39 is 0 Å². The molecule has 1 aliphatic rings. The molecule has 0 saturated carbocycles. The van der Waals surface area contributed by atoms with E-state index in [1.54, 1.807) is 0 Å². The molecular formula is C8H20N2. The molecule has 0 aromatic heterocycles. The summed E-state index contributed by atoms with van der Waals surface area (Å²) < 4.78 is 0. The molecule has 1 saturated heterocycles. The van der Waals surface area contributed by atoms with Gasteiger partial charge in [-0.15, -0.1) is 0 Å². The Bertz CT molecular complexity index is 50.7. The summed E-state index contributed by atoms with van der Waals surface area (Å²) in [4.78, 5) is 0. The third-order valence-electron chi connectivity index (χ3n) is 1.43. The largest absolute Gasteiger partial charge is 0.330 e. The summed E-state index contributed by atoms with van der Waals surface area (Å²) in [6.45, 7) is 7.50. The fourth-order valence-electron chi connectivity index (χ4n) is 0.625. The van der Waals surface area contributed by atoms with Gasteiger partial charge in [-0.1, -0.05) is 13.8 Å². The second-order valence-electron chi connectivity index (χ2n) is 3.09. The van der Waals surface area contributed by atoms with Crippen LogP contribution in [0.1, 0.15) is 26.7 Å². The first-order chi connectivity index (χ1) is 4.77. The van der Waals surface area contributed by atoms with Crippen LogP contribution in [0.4, 0.5) is 0 Å². The molecule has 2 nitrogen and oxygen atoms in total. The van der Waals surface area contributed by atoms with Crippen LogP contribution in [-0.2, 0) is 0 Å². The molecule has 0 radical (unpaired) electrons. The predicted molar refractivity (Wildman–Crippen MR) is 46.0 cm³/mol. The van der Waals surface area contributed by atoms with E-state index in [0.717, 1.165) is 6.54 Å². The molecule has 0 atom stereocenters. The Morgan fingerprint density at radius 1 is 1.30 bits per heavy atom. The Kier molecular flexibility index (Phi) is 6.98. The number of rotatable bonds is 1. The van der Waals surface area contributed by atoms with Gasteiger partial charge in [-0.3, -0.25) is 0 Å². The highest BCUT2D eigenvalue weighted by molar-refractivity contribution is 4.55. The van der Waals surface area contributed by atoms with Crippen molar-refractivity contribution in [1.82, 2.24) is 5.32 Å². The first-order valence-corrected chi connectivity index (χ1v) is 4.18. The smallest absolute Gasteiger partial charge is 0.00484 e. The molecule has 1 aliphatic heterocycles. The molecule has 0 amide bonds. The Hall–Kier alpha value is -0.0800. The molecule has 1 heterocycles. The monoisotopic (exact) mass is 144 g/mol. The van der Waals surface area contributed by atoms with Gasteiger partial charge >= 0.3 is 0 Å². The molecule has 3 N–H and O–H groups in total. The summed E-state index contributed by atoms with van der Waals surface area (Å²) in [5.41, 5.74) is 5.17. The lowest BCUT2D eigenvalue weighted by molar-refractivity contribution is 0.664. The molecule has 0 aromatic carbocycles. The minimum atomic E-state index is 0.662. The van der Waals surface area contributed by atoms with E-state index in [0.29, 0.717) is 5.92 Å². The SMILES string of the molecule is C1CCNC1.CC(C)CN. The van der Waals surface area contributed by atoms with Crippen LogP contribution in [0.25, 0.3) is 0 Å². The molecular weight excluding hydrogens is 124 g/mol. The molecule has 0 bridgehead atoms. The van der Waals surface area contributed by atoms with Gasteiger partial charge in [-0.25, -0.2) is 0 Å². The topological polar surface area (TPSA) is 38.0 Å². The standard InChI is InChI=1S/C4H9N.C4H11N/c1-2-4-5-3-1;1-4(2)3-5/h5H,1-4H2;4H,3,5H2,1-2H3. The van der Waals surface area contributed by atoms with Crippen LogP contribution in [0.3, 0.4) is 0 Å². The quantitative estimate of drug-likeness (QED) is 0.575. The normalized spacial score (nSPS) is 16.8. The van der Waals surface area contributed by atoms with Crippen LogP contribution in [0.5, 0.6) is 0 Å². The summed E-state index contributed by atoms with van der Waals surface area (Å²) in [5.74, 6) is 0.662. The van der Waals surface area contributed by atoms with Gasteiger partial charge in [0, 0.05) is 0 Å². The Morgan fingerprint density at radius 2 is 1.70 bits per heavy atom. The molecule has 0 spiro atoms. The minimum Gasteiger partial charge on any atom is -0.330 e. The van der Waals surface area contributed by atoms with E-state index in [1.807, 2.05) is 0 Å². The lowest BCUT2D eigenvalue weighted by Crippen LogP contribution is -2.05. The van der Waals surface area contributed by atoms with E-state index >= 15 is 0 Å². The highest BCUT2D eigenvalue weighted by atomic mass is 14.9.